The van der Waals surface area contributed by atoms with E-state index in [1.54, 1.807) is 0 Å². The Bertz CT molecular complexity index is 56.3. The zero-order chi connectivity index (χ0) is 7.82. The highest BCUT2D eigenvalue weighted by Crippen LogP contribution is 1.78. The maximum absolute atomic E-state index is 3.36. The van der Waals surface area contributed by atoms with Crippen molar-refractivity contribution in [3.8, 4) is 0 Å². The Labute approximate surface area is 64.4 Å². The topological polar surface area (TPSA) is 24.1 Å². The van der Waals surface area contributed by atoms with Gasteiger partial charge >= 0.3 is 0 Å². The molecule has 0 atom stereocenters. The van der Waals surface area contributed by atoms with Gasteiger partial charge in [0, 0.05) is 0 Å². The van der Waals surface area contributed by atoms with Gasteiger partial charge < -0.3 is 10.6 Å². The van der Waals surface area contributed by atoms with Crippen molar-refractivity contribution in [2.75, 3.05) is 13.1 Å². The summed E-state index contributed by atoms with van der Waals surface area (Å²) in [6.45, 7) is 8.74. The van der Waals surface area contributed by atoms with Gasteiger partial charge in [-0.15, -0.1) is 0 Å². The van der Waals surface area contributed by atoms with Crippen LogP contribution in [0.5, 0.6) is 0 Å². The number of nitrogens with one attached hydrogen (secondary N) is 2. The lowest BCUT2D eigenvalue weighted by Crippen LogP contribution is -2.40. The zero-order valence-corrected chi connectivity index (χ0v) is 7.41. The molecule has 0 unspecified atom stereocenters. The van der Waals surface area contributed by atoms with Crippen LogP contribution in [0.25, 0.3) is 0 Å². The third kappa shape index (κ3) is 6.05. The third-order valence-electron chi connectivity index (χ3n) is 1.40. The van der Waals surface area contributed by atoms with Gasteiger partial charge in [0.2, 0.25) is 0 Å². The third-order valence-corrected chi connectivity index (χ3v) is 1.40. The van der Waals surface area contributed by atoms with Crippen LogP contribution in [0.1, 0.15) is 33.6 Å². The summed E-state index contributed by atoms with van der Waals surface area (Å²) in [5, 5.41) is 6.71. The van der Waals surface area contributed by atoms with Crippen LogP contribution in [-0.2, 0) is 0 Å². The second-order valence-electron chi connectivity index (χ2n) is 2.63. The Morgan fingerprint density at radius 3 is 1.70 bits per heavy atom. The Morgan fingerprint density at radius 1 is 1.00 bits per heavy atom. The van der Waals surface area contributed by atoms with Crippen molar-refractivity contribution >= 4 is 0 Å². The molecule has 2 heteroatoms. The molecule has 0 radical (unpaired) electrons. The summed E-state index contributed by atoms with van der Waals surface area (Å²) in [4.78, 5) is 0. The lowest BCUT2D eigenvalue weighted by molar-refractivity contribution is 0.454. The molecule has 0 aromatic carbocycles. The highest BCUT2D eigenvalue weighted by molar-refractivity contribution is 4.55. The Kier molecular flexibility index (Phi) is 6.98. The van der Waals surface area contributed by atoms with Crippen LogP contribution in [0.15, 0.2) is 0 Å². The maximum atomic E-state index is 3.36. The number of rotatable bonds is 6. The predicted octanol–water partition coefficient (Wildman–Crippen LogP) is 1.33. The highest BCUT2D eigenvalue weighted by atomic mass is 15.1. The van der Waals surface area contributed by atoms with Crippen molar-refractivity contribution in [1.29, 1.82) is 0 Å². The summed E-state index contributed by atoms with van der Waals surface area (Å²) in [7, 11) is 0. The molecule has 0 aliphatic rings. The minimum Gasteiger partial charge on any atom is -0.302 e. The molecule has 0 aromatic heterocycles. The van der Waals surface area contributed by atoms with Crippen LogP contribution >= 0.6 is 0 Å². The van der Waals surface area contributed by atoms with Gasteiger partial charge in [0.05, 0.1) is 6.17 Å². The van der Waals surface area contributed by atoms with E-state index < -0.39 is 0 Å². The first-order valence-electron chi connectivity index (χ1n) is 4.28. The monoisotopic (exact) mass is 144 g/mol. The molecule has 0 amide bonds. The second-order valence-corrected chi connectivity index (χ2v) is 2.63. The first kappa shape index (κ1) is 9.92. The molecule has 0 saturated carbocycles. The summed E-state index contributed by atoms with van der Waals surface area (Å²) in [6, 6.07) is 0. The fourth-order valence-corrected chi connectivity index (χ4v) is 0.794. The molecular weight excluding hydrogens is 124 g/mol. The summed E-state index contributed by atoms with van der Waals surface area (Å²) in [6.07, 6.45) is 2.89. The van der Waals surface area contributed by atoms with E-state index in [4.69, 9.17) is 0 Å². The van der Waals surface area contributed by atoms with Crippen LogP contribution < -0.4 is 10.6 Å². The Balaban J connectivity index is 3.00. The zero-order valence-electron chi connectivity index (χ0n) is 7.41. The van der Waals surface area contributed by atoms with Gasteiger partial charge in [0.1, 0.15) is 0 Å². The molecule has 2 nitrogen and oxygen atoms in total. The van der Waals surface area contributed by atoms with Crippen molar-refractivity contribution in [2.24, 2.45) is 0 Å². The molecule has 0 spiro atoms. The molecule has 0 heterocycles. The van der Waals surface area contributed by atoms with E-state index in [9.17, 15) is 0 Å². The molecule has 10 heavy (non-hydrogen) atoms. The van der Waals surface area contributed by atoms with E-state index in [-0.39, 0.29) is 0 Å². The standard InChI is InChI=1S/C8H20N2/c1-4-6-9-8(3)10-7-5-2/h8-10H,4-7H2,1-3H3. The summed E-state index contributed by atoms with van der Waals surface area (Å²) in [5.74, 6) is 0. The van der Waals surface area contributed by atoms with Crippen LogP contribution in [0.2, 0.25) is 0 Å². The van der Waals surface area contributed by atoms with Gasteiger partial charge in [-0.3, -0.25) is 0 Å². The minimum absolute atomic E-state index is 0.472. The molecule has 0 aliphatic heterocycles. The van der Waals surface area contributed by atoms with Gasteiger partial charge in [-0.2, -0.15) is 0 Å². The Morgan fingerprint density at radius 2 is 1.40 bits per heavy atom. The molecule has 2 N–H and O–H groups in total. The highest BCUT2D eigenvalue weighted by Gasteiger charge is 1.94. The van der Waals surface area contributed by atoms with Crippen LogP contribution in [0.4, 0.5) is 0 Å². The average Bonchev–Trinajstić information content (AvgIpc) is 1.97. The number of hydrogen-bond acceptors (Lipinski definition) is 2. The van der Waals surface area contributed by atoms with E-state index in [1.807, 2.05) is 0 Å². The van der Waals surface area contributed by atoms with Crippen LogP contribution in [0.3, 0.4) is 0 Å². The molecule has 0 saturated heterocycles. The molecule has 62 valence electrons. The van der Waals surface area contributed by atoms with Crippen molar-refractivity contribution in [2.45, 2.75) is 39.8 Å². The lowest BCUT2D eigenvalue weighted by atomic mass is 10.4. The maximum Gasteiger partial charge on any atom is 0.0542 e. The number of hydrogen-bond donors (Lipinski definition) is 2. The van der Waals surface area contributed by atoms with Crippen LogP contribution in [0, 0.1) is 0 Å². The van der Waals surface area contributed by atoms with E-state index in [0.717, 1.165) is 13.1 Å². The molecule has 0 aliphatic carbocycles. The summed E-state index contributed by atoms with van der Waals surface area (Å²) < 4.78 is 0. The van der Waals surface area contributed by atoms with Gasteiger partial charge in [-0.25, -0.2) is 0 Å². The normalized spacial score (nSPS) is 10.8. The van der Waals surface area contributed by atoms with E-state index in [1.165, 1.54) is 12.8 Å². The fourth-order valence-electron chi connectivity index (χ4n) is 0.794. The van der Waals surface area contributed by atoms with Crippen molar-refractivity contribution < 1.29 is 0 Å². The van der Waals surface area contributed by atoms with Crippen molar-refractivity contribution in [3.05, 3.63) is 0 Å². The minimum atomic E-state index is 0.472. The van der Waals surface area contributed by atoms with Gasteiger partial charge in [0.15, 0.2) is 0 Å². The van der Waals surface area contributed by atoms with E-state index in [0.29, 0.717) is 6.17 Å². The van der Waals surface area contributed by atoms with E-state index in [2.05, 4.69) is 31.4 Å². The fraction of sp³-hybridized carbons (Fsp3) is 1.00. The average molecular weight is 144 g/mol. The summed E-state index contributed by atoms with van der Waals surface area (Å²) in [5.41, 5.74) is 0. The quantitative estimate of drug-likeness (QED) is 0.550. The van der Waals surface area contributed by atoms with E-state index >= 15 is 0 Å². The van der Waals surface area contributed by atoms with Gasteiger partial charge in [-0.1, -0.05) is 13.8 Å². The smallest absolute Gasteiger partial charge is 0.0542 e. The molecule has 0 rings (SSSR count). The predicted molar refractivity (Wildman–Crippen MR) is 46.0 cm³/mol. The van der Waals surface area contributed by atoms with Gasteiger partial charge in [0.25, 0.3) is 0 Å². The first-order chi connectivity index (χ1) is 4.81. The molecule has 0 aromatic rings. The van der Waals surface area contributed by atoms with Crippen LogP contribution in [-0.4, -0.2) is 19.3 Å². The SMILES string of the molecule is CCCNC(C)NCCC. The Hall–Kier alpha value is -0.0800. The molecule has 0 bridgehead atoms. The van der Waals surface area contributed by atoms with Gasteiger partial charge in [-0.05, 0) is 32.9 Å². The second kappa shape index (κ2) is 7.03. The molecule has 0 fully saturated rings. The largest absolute Gasteiger partial charge is 0.302 e. The molecular formula is C8H20N2. The first-order valence-corrected chi connectivity index (χ1v) is 4.28. The van der Waals surface area contributed by atoms with Crippen molar-refractivity contribution in [3.63, 3.8) is 0 Å². The lowest BCUT2D eigenvalue weighted by Gasteiger charge is -2.13. The summed E-state index contributed by atoms with van der Waals surface area (Å²) >= 11 is 0. The van der Waals surface area contributed by atoms with Crippen molar-refractivity contribution in [1.82, 2.24) is 10.6 Å².